The molecule has 2 aromatic carbocycles. The Morgan fingerprint density at radius 1 is 1.08 bits per heavy atom. The topological polar surface area (TPSA) is 110 Å². The molecule has 0 aromatic heterocycles. The SMILES string of the molecule is CCCCN=C(N)c1ccc(C2=NOC(C(=O)N3CCN(OC(=O)CCc4ccccc4)CC3)C2)cc1. The fourth-order valence-corrected chi connectivity index (χ4v) is 4.25. The number of nitrogens with zero attached hydrogens (tertiary/aromatic N) is 4. The van der Waals surface area contributed by atoms with E-state index in [0.29, 0.717) is 51.3 Å². The zero-order valence-corrected chi connectivity index (χ0v) is 21.3. The third-order valence-corrected chi connectivity index (χ3v) is 6.49. The predicted octanol–water partition coefficient (Wildman–Crippen LogP) is 2.92. The molecule has 0 aliphatic carbocycles. The molecule has 0 spiro atoms. The molecule has 37 heavy (non-hydrogen) atoms. The van der Waals surface area contributed by atoms with E-state index >= 15 is 0 Å². The number of amides is 1. The number of piperazine rings is 1. The van der Waals surface area contributed by atoms with Gasteiger partial charge in [0.2, 0.25) is 6.10 Å². The Bertz CT molecular complexity index is 1110. The van der Waals surface area contributed by atoms with E-state index in [1.165, 1.54) is 0 Å². The van der Waals surface area contributed by atoms with Crippen molar-refractivity contribution >= 4 is 23.4 Å². The van der Waals surface area contributed by atoms with Gasteiger partial charge in [-0.15, -0.1) is 5.06 Å². The van der Waals surface area contributed by atoms with Crippen molar-refractivity contribution in [3.05, 3.63) is 71.3 Å². The number of nitrogens with two attached hydrogens (primary N) is 1. The molecule has 1 atom stereocenters. The molecule has 1 saturated heterocycles. The van der Waals surface area contributed by atoms with Crippen LogP contribution in [0.15, 0.2) is 64.7 Å². The van der Waals surface area contributed by atoms with Crippen molar-refractivity contribution in [2.45, 2.75) is 45.1 Å². The lowest BCUT2D eigenvalue weighted by atomic mass is 10.0. The summed E-state index contributed by atoms with van der Waals surface area (Å²) in [6, 6.07) is 17.5. The quantitative estimate of drug-likeness (QED) is 0.302. The van der Waals surface area contributed by atoms with E-state index in [9.17, 15) is 9.59 Å². The Labute approximate surface area is 217 Å². The highest BCUT2D eigenvalue weighted by Gasteiger charge is 2.34. The van der Waals surface area contributed by atoms with Crippen LogP contribution in [0.25, 0.3) is 0 Å². The van der Waals surface area contributed by atoms with Crippen molar-refractivity contribution in [3.63, 3.8) is 0 Å². The van der Waals surface area contributed by atoms with Gasteiger partial charge in [0.1, 0.15) is 5.84 Å². The summed E-state index contributed by atoms with van der Waals surface area (Å²) in [5, 5.41) is 5.80. The maximum atomic E-state index is 13.0. The lowest BCUT2D eigenvalue weighted by Gasteiger charge is -2.34. The highest BCUT2D eigenvalue weighted by atomic mass is 16.7. The number of hydrogen-bond acceptors (Lipinski definition) is 7. The molecule has 0 radical (unpaired) electrons. The van der Waals surface area contributed by atoms with Crippen LogP contribution in [0.4, 0.5) is 0 Å². The van der Waals surface area contributed by atoms with E-state index in [0.717, 1.165) is 41.8 Å². The number of unbranched alkanes of at least 4 members (excludes halogenated alkanes) is 1. The summed E-state index contributed by atoms with van der Waals surface area (Å²) < 4.78 is 0. The summed E-state index contributed by atoms with van der Waals surface area (Å²) in [5.41, 5.74) is 9.67. The molecule has 0 bridgehead atoms. The minimum absolute atomic E-state index is 0.0993. The van der Waals surface area contributed by atoms with Gasteiger partial charge in [-0.2, -0.15) is 0 Å². The van der Waals surface area contributed by atoms with Gasteiger partial charge in [0.25, 0.3) is 5.91 Å². The molecule has 0 saturated carbocycles. The van der Waals surface area contributed by atoms with Crippen molar-refractivity contribution in [2.24, 2.45) is 15.9 Å². The van der Waals surface area contributed by atoms with Gasteiger partial charge < -0.3 is 20.3 Å². The first-order chi connectivity index (χ1) is 18.0. The van der Waals surface area contributed by atoms with Crippen molar-refractivity contribution in [3.8, 4) is 0 Å². The molecule has 4 rings (SSSR count). The van der Waals surface area contributed by atoms with Crippen LogP contribution in [0, 0.1) is 0 Å². The van der Waals surface area contributed by atoms with Crippen LogP contribution in [0.1, 0.15) is 49.3 Å². The molecule has 2 heterocycles. The largest absolute Gasteiger partial charge is 0.384 e. The summed E-state index contributed by atoms with van der Waals surface area (Å²) >= 11 is 0. The molecule has 1 fully saturated rings. The fraction of sp³-hybridized carbons (Fsp3) is 0.429. The van der Waals surface area contributed by atoms with Gasteiger partial charge in [0.05, 0.1) is 25.2 Å². The number of aryl methyl sites for hydroxylation is 1. The van der Waals surface area contributed by atoms with Gasteiger partial charge in [0, 0.05) is 31.6 Å². The van der Waals surface area contributed by atoms with E-state index in [4.69, 9.17) is 15.4 Å². The minimum Gasteiger partial charge on any atom is -0.384 e. The second-order valence-corrected chi connectivity index (χ2v) is 9.24. The Hall–Kier alpha value is -3.72. The number of hydroxylamine groups is 2. The summed E-state index contributed by atoms with van der Waals surface area (Å²) in [6.07, 6.45) is 2.81. The van der Waals surface area contributed by atoms with Crippen LogP contribution in [0.3, 0.4) is 0 Å². The second-order valence-electron chi connectivity index (χ2n) is 9.24. The molecule has 1 unspecified atom stereocenters. The fourth-order valence-electron chi connectivity index (χ4n) is 4.25. The Morgan fingerprint density at radius 2 is 1.81 bits per heavy atom. The highest BCUT2D eigenvalue weighted by molar-refractivity contribution is 6.05. The van der Waals surface area contributed by atoms with E-state index in [1.807, 2.05) is 54.6 Å². The number of rotatable bonds is 10. The first-order valence-corrected chi connectivity index (χ1v) is 13.0. The van der Waals surface area contributed by atoms with E-state index in [2.05, 4.69) is 17.1 Å². The maximum absolute atomic E-state index is 13.0. The zero-order valence-electron chi connectivity index (χ0n) is 21.3. The van der Waals surface area contributed by atoms with Gasteiger partial charge in [-0.25, -0.2) is 0 Å². The normalized spacial score (nSPS) is 18.3. The Balaban J connectivity index is 1.20. The number of benzene rings is 2. The molecular formula is C28H35N5O4. The molecule has 9 heteroatoms. The third-order valence-electron chi connectivity index (χ3n) is 6.49. The molecule has 2 N–H and O–H groups in total. The van der Waals surface area contributed by atoms with Gasteiger partial charge in [-0.1, -0.05) is 73.1 Å². The third kappa shape index (κ3) is 7.39. The van der Waals surface area contributed by atoms with Crippen molar-refractivity contribution in [1.82, 2.24) is 9.96 Å². The molecule has 2 aromatic rings. The molecular weight excluding hydrogens is 470 g/mol. The van der Waals surface area contributed by atoms with Crippen LogP contribution in [-0.4, -0.2) is 72.2 Å². The number of oxime groups is 1. The zero-order chi connectivity index (χ0) is 26.0. The maximum Gasteiger partial charge on any atom is 0.325 e. The summed E-state index contributed by atoms with van der Waals surface area (Å²) in [7, 11) is 0. The van der Waals surface area contributed by atoms with Crippen LogP contribution in [-0.2, 0) is 25.7 Å². The minimum atomic E-state index is -0.643. The lowest BCUT2D eigenvalue weighted by molar-refractivity contribution is -0.198. The van der Waals surface area contributed by atoms with E-state index < -0.39 is 6.10 Å². The average molecular weight is 506 g/mol. The van der Waals surface area contributed by atoms with Crippen molar-refractivity contribution < 1.29 is 19.3 Å². The van der Waals surface area contributed by atoms with Crippen LogP contribution < -0.4 is 5.73 Å². The summed E-state index contributed by atoms with van der Waals surface area (Å²) in [4.78, 5) is 42.3. The van der Waals surface area contributed by atoms with Gasteiger partial charge >= 0.3 is 5.97 Å². The Kier molecular flexibility index (Phi) is 9.26. The van der Waals surface area contributed by atoms with E-state index in [1.54, 1.807) is 9.96 Å². The summed E-state index contributed by atoms with van der Waals surface area (Å²) in [5.74, 6) is 0.164. The van der Waals surface area contributed by atoms with Crippen LogP contribution in [0.5, 0.6) is 0 Å². The van der Waals surface area contributed by atoms with Gasteiger partial charge in [-0.05, 0) is 24.0 Å². The summed E-state index contributed by atoms with van der Waals surface area (Å²) in [6.45, 7) is 4.70. The smallest absolute Gasteiger partial charge is 0.325 e. The molecule has 1 amide bonds. The average Bonchev–Trinajstić information content (AvgIpc) is 3.43. The number of amidine groups is 1. The highest BCUT2D eigenvalue weighted by Crippen LogP contribution is 2.20. The predicted molar refractivity (Wildman–Crippen MR) is 142 cm³/mol. The molecule has 2 aliphatic heterocycles. The first-order valence-electron chi connectivity index (χ1n) is 13.0. The van der Waals surface area contributed by atoms with Crippen LogP contribution >= 0.6 is 0 Å². The first kappa shape index (κ1) is 26.3. The van der Waals surface area contributed by atoms with Crippen molar-refractivity contribution in [1.29, 1.82) is 0 Å². The molecule has 196 valence electrons. The van der Waals surface area contributed by atoms with Gasteiger partial charge in [0.15, 0.2) is 0 Å². The van der Waals surface area contributed by atoms with Crippen molar-refractivity contribution in [2.75, 3.05) is 32.7 Å². The number of carbonyl (C=O) groups is 2. The number of carbonyl (C=O) groups excluding carboxylic acids is 2. The van der Waals surface area contributed by atoms with E-state index in [-0.39, 0.29) is 11.9 Å². The second kappa shape index (κ2) is 13.0. The number of hydrogen-bond donors (Lipinski definition) is 1. The lowest BCUT2D eigenvalue weighted by Crippen LogP contribution is -2.51. The monoisotopic (exact) mass is 505 g/mol. The Morgan fingerprint density at radius 3 is 2.51 bits per heavy atom. The molecule has 2 aliphatic rings. The standard InChI is InChI=1S/C28H35N5O4/c1-2-3-15-30-27(29)23-12-10-22(11-13-23)24-20-25(36-31-24)28(35)32-16-18-33(19-17-32)37-26(34)14-9-21-7-5-4-6-8-21/h4-8,10-13,25H,2-3,9,14-20H2,1H3,(H2,29,30). The number of aliphatic imine (C=N–C) groups is 1. The van der Waals surface area contributed by atoms with Crippen LogP contribution in [0.2, 0.25) is 0 Å². The van der Waals surface area contributed by atoms with Gasteiger partial charge in [-0.3, -0.25) is 14.6 Å². The molecule has 9 nitrogen and oxygen atoms in total.